The minimum atomic E-state index is -0.347. The van der Waals surface area contributed by atoms with Crippen LogP contribution in [-0.4, -0.2) is 42.6 Å². The lowest BCUT2D eigenvalue weighted by molar-refractivity contribution is 0.0600. The van der Waals surface area contributed by atoms with Gasteiger partial charge in [-0.3, -0.25) is 9.59 Å². The van der Waals surface area contributed by atoms with Gasteiger partial charge in [-0.25, -0.2) is 4.79 Å². The number of thiophene rings is 1. The number of amides is 2. The molecule has 8 nitrogen and oxygen atoms in total. The maximum atomic E-state index is 13.7. The Hall–Kier alpha value is -4.31. The normalized spacial score (nSPS) is 13.1. The molecule has 47 heavy (non-hydrogen) atoms. The highest BCUT2D eigenvalue weighted by Gasteiger charge is 2.27. The molecule has 4 N–H and O–H groups in total. The summed E-state index contributed by atoms with van der Waals surface area (Å²) < 4.78 is 4.77. The van der Waals surface area contributed by atoms with Crippen LogP contribution in [-0.2, 0) is 37.0 Å². The van der Waals surface area contributed by atoms with Crippen LogP contribution in [0.4, 0.5) is 10.7 Å². The first-order chi connectivity index (χ1) is 22.7. The van der Waals surface area contributed by atoms with Crippen LogP contribution in [0.2, 0.25) is 0 Å². The van der Waals surface area contributed by atoms with Gasteiger partial charge in [0.2, 0.25) is 0 Å². The summed E-state index contributed by atoms with van der Waals surface area (Å²) in [5, 5.41) is 19.7. The minimum Gasteiger partial charge on any atom is -0.465 e. The third kappa shape index (κ3) is 8.74. The van der Waals surface area contributed by atoms with Gasteiger partial charge in [0.05, 0.1) is 24.8 Å². The highest BCUT2D eigenvalue weighted by Crippen LogP contribution is 2.39. The first-order valence-corrected chi connectivity index (χ1v) is 17.0. The van der Waals surface area contributed by atoms with Crippen LogP contribution in [0.15, 0.2) is 72.8 Å². The lowest BCUT2D eigenvalue weighted by Crippen LogP contribution is -2.36. The lowest BCUT2D eigenvalue weighted by Gasteiger charge is -2.20. The average molecular weight is 654 g/mol. The van der Waals surface area contributed by atoms with E-state index in [0.29, 0.717) is 33.9 Å². The van der Waals surface area contributed by atoms with Gasteiger partial charge in [-0.05, 0) is 103 Å². The number of ether oxygens (including phenoxy) is 1. The first kappa shape index (κ1) is 34.0. The molecular formula is C38H43N3O5S. The summed E-state index contributed by atoms with van der Waals surface area (Å²) in [6, 6.07) is 22.7. The van der Waals surface area contributed by atoms with Crippen LogP contribution >= 0.6 is 11.3 Å². The number of carbonyl (C=O) groups excluding carboxylic acids is 3. The number of hydrogen-bond donors (Lipinski definition) is 4. The number of benzene rings is 3. The van der Waals surface area contributed by atoms with Crippen molar-refractivity contribution in [2.24, 2.45) is 5.92 Å². The number of aryl methyl sites for hydroxylation is 3. The second kappa shape index (κ2) is 16.0. The summed E-state index contributed by atoms with van der Waals surface area (Å²) in [5.41, 5.74) is 6.52. The van der Waals surface area contributed by atoms with Crippen molar-refractivity contribution >= 4 is 39.8 Å². The highest BCUT2D eigenvalue weighted by molar-refractivity contribution is 7.17. The number of anilines is 2. The molecule has 4 aromatic rings. The Morgan fingerprint density at radius 2 is 1.51 bits per heavy atom. The number of nitrogens with one attached hydrogen (secondary N) is 3. The van der Waals surface area contributed by atoms with Gasteiger partial charge in [0.25, 0.3) is 11.8 Å². The number of fused-ring (bicyclic) bond motifs is 1. The number of hydrogen-bond acceptors (Lipinski definition) is 7. The number of aliphatic hydroxyl groups excluding tert-OH is 1. The minimum absolute atomic E-state index is 0.0271. The fraction of sp³-hybridized carbons (Fsp3) is 0.342. The number of carbonyl (C=O) groups is 3. The molecule has 9 heteroatoms. The Labute approximate surface area is 280 Å². The van der Waals surface area contributed by atoms with Gasteiger partial charge < -0.3 is 25.8 Å². The van der Waals surface area contributed by atoms with Crippen molar-refractivity contribution in [3.8, 4) is 0 Å². The Morgan fingerprint density at radius 1 is 0.830 bits per heavy atom. The van der Waals surface area contributed by atoms with E-state index < -0.39 is 0 Å². The molecule has 0 saturated carbocycles. The topological polar surface area (TPSA) is 117 Å². The van der Waals surface area contributed by atoms with Gasteiger partial charge in [-0.2, -0.15) is 0 Å². The highest BCUT2D eigenvalue weighted by atomic mass is 32.1. The van der Waals surface area contributed by atoms with Crippen LogP contribution < -0.4 is 16.0 Å². The van der Waals surface area contributed by atoms with Gasteiger partial charge in [-0.15, -0.1) is 11.3 Å². The summed E-state index contributed by atoms with van der Waals surface area (Å²) in [6.07, 6.45) is 5.43. The molecular weight excluding hydrogens is 611 g/mol. The zero-order chi connectivity index (χ0) is 33.3. The Bertz CT molecular complexity index is 1700. The first-order valence-electron chi connectivity index (χ1n) is 16.2. The zero-order valence-corrected chi connectivity index (χ0v) is 28.0. The predicted octanol–water partition coefficient (Wildman–Crippen LogP) is 6.81. The molecule has 246 valence electrons. The SMILES string of the molecule is COC(=O)c1ccc(CCc2ccc(NC(=O)c3c(NC(=O)c4cccc(CN[C@H](CO)C(C)C)c4)sc4c3CCCC4)cc2)cc1. The van der Waals surface area contributed by atoms with E-state index in [1.54, 1.807) is 18.2 Å². The number of methoxy groups -OCH3 is 1. The number of esters is 1. The molecule has 0 saturated heterocycles. The molecule has 3 aromatic carbocycles. The van der Waals surface area contributed by atoms with E-state index in [-0.39, 0.29) is 36.4 Å². The van der Waals surface area contributed by atoms with Crippen LogP contribution in [0.25, 0.3) is 0 Å². The largest absolute Gasteiger partial charge is 0.465 e. The molecule has 1 aliphatic carbocycles. The second-order valence-electron chi connectivity index (χ2n) is 12.3. The number of rotatable bonds is 13. The molecule has 0 radical (unpaired) electrons. The van der Waals surface area contributed by atoms with Crippen molar-refractivity contribution < 1.29 is 24.2 Å². The molecule has 0 aliphatic heterocycles. The summed E-state index contributed by atoms with van der Waals surface area (Å²) in [7, 11) is 1.37. The van der Waals surface area contributed by atoms with E-state index in [2.05, 4.69) is 29.8 Å². The molecule has 2 amide bonds. The van der Waals surface area contributed by atoms with Crippen molar-refractivity contribution in [3.63, 3.8) is 0 Å². The van der Waals surface area contributed by atoms with Crippen LogP contribution in [0.3, 0.4) is 0 Å². The van der Waals surface area contributed by atoms with Gasteiger partial charge in [-0.1, -0.05) is 50.2 Å². The Kier molecular flexibility index (Phi) is 11.6. The van der Waals surface area contributed by atoms with E-state index in [1.807, 2.05) is 54.6 Å². The number of aliphatic hydroxyl groups is 1. The van der Waals surface area contributed by atoms with Crippen molar-refractivity contribution in [3.05, 3.63) is 117 Å². The quantitative estimate of drug-likeness (QED) is 0.118. The van der Waals surface area contributed by atoms with Crippen molar-refractivity contribution in [1.29, 1.82) is 0 Å². The molecule has 1 aromatic heterocycles. The standard InChI is InChI=1S/C38H43N3O5S/c1-24(2)32(23-42)39-22-27-7-6-8-29(21-27)35(43)41-37-34(31-9-4-5-10-33(31)47-37)36(44)40-30-19-15-26(16-20-30)12-11-25-13-17-28(18-14-25)38(45)46-3/h6-8,13-21,24,32,39,42H,4-5,9-12,22-23H2,1-3H3,(H,40,44)(H,41,43)/t32-/m1/s1. The third-order valence-corrected chi connectivity index (χ3v) is 9.88. The smallest absolute Gasteiger partial charge is 0.337 e. The van der Waals surface area contributed by atoms with E-state index in [9.17, 15) is 19.5 Å². The Balaban J connectivity index is 1.25. The summed E-state index contributed by atoms with van der Waals surface area (Å²) >= 11 is 1.50. The molecule has 1 heterocycles. The van der Waals surface area contributed by atoms with Crippen LogP contribution in [0.1, 0.15) is 84.9 Å². The van der Waals surface area contributed by atoms with Crippen LogP contribution in [0.5, 0.6) is 0 Å². The fourth-order valence-electron chi connectivity index (χ4n) is 5.81. The van der Waals surface area contributed by atoms with Crippen molar-refractivity contribution in [2.75, 3.05) is 24.4 Å². The average Bonchev–Trinajstić information content (AvgIpc) is 3.46. The Morgan fingerprint density at radius 3 is 2.17 bits per heavy atom. The molecule has 5 rings (SSSR count). The van der Waals surface area contributed by atoms with E-state index in [1.165, 1.54) is 18.4 Å². The summed E-state index contributed by atoms with van der Waals surface area (Å²) in [4.78, 5) is 40.0. The maximum Gasteiger partial charge on any atom is 0.337 e. The molecule has 1 aliphatic rings. The van der Waals surface area contributed by atoms with Crippen molar-refractivity contribution in [1.82, 2.24) is 5.32 Å². The fourth-order valence-corrected chi connectivity index (χ4v) is 7.10. The van der Waals surface area contributed by atoms with Crippen LogP contribution in [0, 0.1) is 5.92 Å². The van der Waals surface area contributed by atoms with Crippen molar-refractivity contribution in [2.45, 2.75) is 65.0 Å². The molecule has 0 bridgehead atoms. The maximum absolute atomic E-state index is 13.7. The van der Waals surface area contributed by atoms with Gasteiger partial charge >= 0.3 is 5.97 Å². The molecule has 1 atom stereocenters. The molecule has 0 spiro atoms. The lowest BCUT2D eigenvalue weighted by atomic mass is 9.95. The zero-order valence-electron chi connectivity index (χ0n) is 27.2. The molecule has 0 unspecified atom stereocenters. The summed E-state index contributed by atoms with van der Waals surface area (Å²) in [6.45, 7) is 4.69. The second-order valence-corrected chi connectivity index (χ2v) is 13.4. The monoisotopic (exact) mass is 653 g/mol. The van der Waals surface area contributed by atoms with Gasteiger partial charge in [0.15, 0.2) is 0 Å². The van der Waals surface area contributed by atoms with Gasteiger partial charge in [0, 0.05) is 28.7 Å². The van der Waals surface area contributed by atoms with E-state index >= 15 is 0 Å². The third-order valence-electron chi connectivity index (χ3n) is 8.67. The van der Waals surface area contributed by atoms with E-state index in [4.69, 9.17) is 4.74 Å². The molecule has 0 fully saturated rings. The summed E-state index contributed by atoms with van der Waals surface area (Å²) in [5.74, 6) is -0.546. The van der Waals surface area contributed by atoms with Gasteiger partial charge in [0.1, 0.15) is 5.00 Å². The predicted molar refractivity (Wildman–Crippen MR) is 187 cm³/mol. The van der Waals surface area contributed by atoms with E-state index in [0.717, 1.165) is 65.7 Å².